The summed E-state index contributed by atoms with van der Waals surface area (Å²) in [5.74, 6) is 0.904. The molecule has 0 aliphatic heterocycles. The maximum Gasteiger partial charge on any atom is 0.178 e. The molecule has 21 heavy (non-hydrogen) atoms. The van der Waals surface area contributed by atoms with Gasteiger partial charge in [-0.05, 0) is 23.8 Å². The standard InChI is InChI=1S/C16H18BrNO3/c1-16(2,3)15(19)11(9-18)6-10-7-13(20-4)14(21-5)8-12(10)17/h6-8H,1-5H3. The number of benzene rings is 1. The number of halogens is 1. The Morgan fingerprint density at radius 3 is 2.19 bits per heavy atom. The molecule has 0 aliphatic carbocycles. The van der Waals surface area contributed by atoms with Crippen LogP contribution in [-0.2, 0) is 4.79 Å². The minimum atomic E-state index is -0.607. The molecule has 0 aromatic heterocycles. The largest absolute Gasteiger partial charge is 0.493 e. The molecule has 5 heteroatoms. The molecule has 112 valence electrons. The molecule has 1 aromatic rings. The van der Waals surface area contributed by atoms with Gasteiger partial charge in [-0.15, -0.1) is 0 Å². The SMILES string of the molecule is COc1cc(Br)c(C=C(C#N)C(=O)C(C)(C)C)cc1OC. The molecule has 0 spiro atoms. The summed E-state index contributed by atoms with van der Waals surface area (Å²) in [7, 11) is 3.08. The van der Waals surface area contributed by atoms with Crippen LogP contribution in [0, 0.1) is 16.7 Å². The molecule has 0 amide bonds. The van der Waals surface area contributed by atoms with Gasteiger partial charge in [-0.25, -0.2) is 0 Å². The van der Waals surface area contributed by atoms with Crippen molar-refractivity contribution >= 4 is 27.8 Å². The van der Waals surface area contributed by atoms with Gasteiger partial charge < -0.3 is 9.47 Å². The molecule has 0 saturated carbocycles. The first-order chi connectivity index (χ1) is 9.74. The number of hydrogen-bond donors (Lipinski definition) is 0. The summed E-state index contributed by atoms with van der Waals surface area (Å²) in [5.41, 5.74) is 0.183. The molecule has 0 aliphatic rings. The van der Waals surface area contributed by atoms with Crippen molar-refractivity contribution in [1.82, 2.24) is 0 Å². The van der Waals surface area contributed by atoms with E-state index in [4.69, 9.17) is 9.47 Å². The number of nitriles is 1. The van der Waals surface area contributed by atoms with Crippen LogP contribution < -0.4 is 9.47 Å². The van der Waals surface area contributed by atoms with E-state index < -0.39 is 5.41 Å². The second kappa shape index (κ2) is 6.77. The van der Waals surface area contributed by atoms with Crippen molar-refractivity contribution in [2.24, 2.45) is 5.41 Å². The second-order valence-electron chi connectivity index (χ2n) is 5.48. The van der Waals surface area contributed by atoms with Gasteiger partial charge in [0.2, 0.25) is 0 Å². The second-order valence-corrected chi connectivity index (χ2v) is 6.33. The predicted octanol–water partition coefficient (Wildman–Crippen LogP) is 3.99. The van der Waals surface area contributed by atoms with E-state index >= 15 is 0 Å². The summed E-state index contributed by atoms with van der Waals surface area (Å²) in [5, 5.41) is 9.23. The van der Waals surface area contributed by atoms with Gasteiger partial charge in [-0.1, -0.05) is 36.7 Å². The highest BCUT2D eigenvalue weighted by molar-refractivity contribution is 9.10. The van der Waals surface area contributed by atoms with Crippen molar-refractivity contribution in [3.05, 3.63) is 27.7 Å². The lowest BCUT2D eigenvalue weighted by atomic mass is 9.86. The number of rotatable bonds is 4. The van der Waals surface area contributed by atoms with E-state index in [-0.39, 0.29) is 11.4 Å². The molecule has 0 atom stereocenters. The van der Waals surface area contributed by atoms with Gasteiger partial charge in [0.05, 0.1) is 19.8 Å². The number of allylic oxidation sites excluding steroid dienone is 1. The highest BCUT2D eigenvalue weighted by Crippen LogP contribution is 2.34. The van der Waals surface area contributed by atoms with Crippen molar-refractivity contribution in [3.63, 3.8) is 0 Å². The number of hydrogen-bond acceptors (Lipinski definition) is 4. The fourth-order valence-corrected chi connectivity index (χ4v) is 2.13. The van der Waals surface area contributed by atoms with E-state index in [0.717, 1.165) is 4.47 Å². The molecular formula is C16H18BrNO3. The first-order valence-corrected chi connectivity index (χ1v) is 7.12. The third-order valence-corrected chi connectivity index (χ3v) is 3.54. The lowest BCUT2D eigenvalue weighted by Gasteiger charge is -2.16. The Bertz CT molecular complexity index is 622. The zero-order chi connectivity index (χ0) is 16.2. The van der Waals surface area contributed by atoms with Gasteiger partial charge in [-0.3, -0.25) is 4.79 Å². The van der Waals surface area contributed by atoms with Crippen LogP contribution >= 0.6 is 15.9 Å². The van der Waals surface area contributed by atoms with Crippen molar-refractivity contribution in [1.29, 1.82) is 5.26 Å². The molecule has 0 unspecified atom stereocenters. The van der Waals surface area contributed by atoms with Crippen LogP contribution in [0.25, 0.3) is 6.08 Å². The molecule has 0 fully saturated rings. The van der Waals surface area contributed by atoms with Gasteiger partial charge in [0.25, 0.3) is 0 Å². The monoisotopic (exact) mass is 351 g/mol. The minimum absolute atomic E-state index is 0.107. The summed E-state index contributed by atoms with van der Waals surface area (Å²) in [6.07, 6.45) is 1.56. The minimum Gasteiger partial charge on any atom is -0.493 e. The summed E-state index contributed by atoms with van der Waals surface area (Å²) in [6, 6.07) is 5.42. The van der Waals surface area contributed by atoms with Crippen molar-refractivity contribution in [3.8, 4) is 17.6 Å². The lowest BCUT2D eigenvalue weighted by molar-refractivity contribution is -0.121. The van der Waals surface area contributed by atoms with Gasteiger partial charge in [0, 0.05) is 9.89 Å². The Labute approximate surface area is 133 Å². The van der Waals surface area contributed by atoms with E-state index in [1.807, 2.05) is 6.07 Å². The molecular weight excluding hydrogens is 334 g/mol. The molecule has 0 radical (unpaired) electrons. The molecule has 0 heterocycles. The smallest absolute Gasteiger partial charge is 0.178 e. The molecule has 1 aromatic carbocycles. The topological polar surface area (TPSA) is 59.3 Å². The number of nitrogens with zero attached hydrogens (tertiary/aromatic N) is 1. The highest BCUT2D eigenvalue weighted by Gasteiger charge is 2.25. The number of methoxy groups -OCH3 is 2. The average molecular weight is 352 g/mol. The maximum atomic E-state index is 12.2. The van der Waals surface area contributed by atoms with Crippen LogP contribution in [-0.4, -0.2) is 20.0 Å². The fourth-order valence-electron chi connectivity index (χ4n) is 1.69. The summed E-state index contributed by atoms with van der Waals surface area (Å²) < 4.78 is 11.1. The average Bonchev–Trinajstić information content (AvgIpc) is 2.43. The zero-order valence-corrected chi connectivity index (χ0v) is 14.4. The zero-order valence-electron chi connectivity index (χ0n) is 12.8. The summed E-state index contributed by atoms with van der Waals surface area (Å²) >= 11 is 3.41. The Hall–Kier alpha value is -1.80. The Balaban J connectivity index is 3.37. The molecule has 4 nitrogen and oxygen atoms in total. The van der Waals surface area contributed by atoms with Gasteiger partial charge in [0.15, 0.2) is 17.3 Å². The van der Waals surface area contributed by atoms with E-state index in [2.05, 4.69) is 15.9 Å². The number of ether oxygens (including phenoxy) is 2. The maximum absolute atomic E-state index is 12.2. The van der Waals surface area contributed by atoms with Crippen molar-refractivity contribution in [2.75, 3.05) is 14.2 Å². The molecule has 0 saturated heterocycles. The third kappa shape index (κ3) is 4.08. The normalized spacial score (nSPS) is 11.8. The quantitative estimate of drug-likeness (QED) is 0.607. The van der Waals surface area contributed by atoms with Gasteiger partial charge in [-0.2, -0.15) is 5.26 Å². The van der Waals surface area contributed by atoms with E-state index in [1.54, 1.807) is 46.1 Å². The van der Waals surface area contributed by atoms with Crippen LogP contribution in [0.5, 0.6) is 11.5 Å². The number of carbonyl (C=O) groups excluding carboxylic acids is 1. The van der Waals surface area contributed by atoms with Gasteiger partial charge in [0.1, 0.15) is 6.07 Å². The molecule has 0 bridgehead atoms. The fraction of sp³-hybridized carbons (Fsp3) is 0.375. The van der Waals surface area contributed by atoms with Crippen LogP contribution in [0.4, 0.5) is 0 Å². The van der Waals surface area contributed by atoms with Crippen molar-refractivity contribution < 1.29 is 14.3 Å². The Morgan fingerprint density at radius 1 is 1.24 bits per heavy atom. The Morgan fingerprint density at radius 2 is 1.76 bits per heavy atom. The number of Topliss-reactive ketones (excluding diaryl/α,β-unsaturated/α-hetero) is 1. The summed E-state index contributed by atoms with van der Waals surface area (Å²) in [6.45, 7) is 5.35. The van der Waals surface area contributed by atoms with Crippen molar-refractivity contribution in [2.45, 2.75) is 20.8 Å². The van der Waals surface area contributed by atoms with Gasteiger partial charge >= 0.3 is 0 Å². The van der Waals surface area contributed by atoms with Crippen LogP contribution in [0.2, 0.25) is 0 Å². The van der Waals surface area contributed by atoms with E-state index in [0.29, 0.717) is 17.1 Å². The number of ketones is 1. The first-order valence-electron chi connectivity index (χ1n) is 6.32. The Kier molecular flexibility index (Phi) is 5.56. The highest BCUT2D eigenvalue weighted by atomic mass is 79.9. The van der Waals surface area contributed by atoms with E-state index in [9.17, 15) is 10.1 Å². The molecule has 1 rings (SSSR count). The molecule has 0 N–H and O–H groups in total. The predicted molar refractivity (Wildman–Crippen MR) is 85.3 cm³/mol. The van der Waals surface area contributed by atoms with Crippen LogP contribution in [0.1, 0.15) is 26.3 Å². The van der Waals surface area contributed by atoms with Crippen LogP contribution in [0.3, 0.4) is 0 Å². The number of carbonyl (C=O) groups is 1. The van der Waals surface area contributed by atoms with E-state index in [1.165, 1.54) is 7.11 Å². The third-order valence-electron chi connectivity index (χ3n) is 2.85. The summed E-state index contributed by atoms with van der Waals surface area (Å²) in [4.78, 5) is 12.2. The van der Waals surface area contributed by atoms with Crippen LogP contribution in [0.15, 0.2) is 22.2 Å². The lowest BCUT2D eigenvalue weighted by Crippen LogP contribution is -2.21. The first kappa shape index (κ1) is 17.3.